The van der Waals surface area contributed by atoms with E-state index >= 15 is 0 Å². The van der Waals surface area contributed by atoms with Gasteiger partial charge in [-0.1, -0.05) is 12.1 Å². The van der Waals surface area contributed by atoms with Crippen molar-refractivity contribution >= 4 is 28.6 Å². The predicted octanol–water partition coefficient (Wildman–Crippen LogP) is 4.25. The number of rotatable bonds is 4. The fourth-order valence-corrected chi connectivity index (χ4v) is 3.26. The molecule has 1 aromatic carbocycles. The van der Waals surface area contributed by atoms with Crippen molar-refractivity contribution < 1.29 is 9.90 Å². The van der Waals surface area contributed by atoms with E-state index < -0.39 is 10.7 Å². The number of benzene rings is 1. The van der Waals surface area contributed by atoms with Gasteiger partial charge in [-0.05, 0) is 44.2 Å². The average Bonchev–Trinajstić information content (AvgIpc) is 2.55. The van der Waals surface area contributed by atoms with Gasteiger partial charge in [0.25, 0.3) is 0 Å². The van der Waals surface area contributed by atoms with E-state index in [9.17, 15) is 9.90 Å². The van der Waals surface area contributed by atoms with E-state index in [1.807, 2.05) is 42.5 Å². The van der Waals surface area contributed by atoms with Crippen molar-refractivity contribution in [2.45, 2.75) is 23.5 Å². The molecule has 0 fully saturated rings. The van der Waals surface area contributed by atoms with Gasteiger partial charge in [0, 0.05) is 28.2 Å². The fourth-order valence-electron chi connectivity index (χ4n) is 2.22. The third-order valence-corrected chi connectivity index (χ3v) is 4.80. The lowest BCUT2D eigenvalue weighted by Crippen LogP contribution is -2.26. The smallest absolute Gasteiger partial charge is 0.319 e. The monoisotopic (exact) mass is 324 g/mol. The average molecular weight is 324 g/mol. The van der Waals surface area contributed by atoms with Crippen LogP contribution in [0.5, 0.6) is 0 Å². The molecule has 0 saturated carbocycles. The van der Waals surface area contributed by atoms with Gasteiger partial charge in [-0.25, -0.2) is 0 Å². The number of carbonyl (C=O) groups is 1. The van der Waals surface area contributed by atoms with Crippen molar-refractivity contribution in [1.82, 2.24) is 9.97 Å². The molecule has 2 heterocycles. The first kappa shape index (κ1) is 15.5. The first-order valence-electron chi connectivity index (χ1n) is 7.20. The number of aliphatic carboxylic acids is 1. The van der Waals surface area contributed by atoms with Gasteiger partial charge >= 0.3 is 5.97 Å². The molecule has 0 radical (unpaired) electrons. The van der Waals surface area contributed by atoms with Crippen LogP contribution in [0, 0.1) is 0 Å². The third-order valence-electron chi connectivity index (χ3n) is 3.54. The van der Waals surface area contributed by atoms with Crippen LogP contribution < -0.4 is 0 Å². The van der Waals surface area contributed by atoms with Crippen LogP contribution >= 0.6 is 11.8 Å². The SMILES string of the molecule is CC(C)(Sc1ccnc2ccc(-c3ccccn3)cc12)C(=O)O. The molecule has 3 rings (SSSR count). The van der Waals surface area contributed by atoms with Gasteiger partial charge in [-0.2, -0.15) is 0 Å². The molecule has 3 aromatic rings. The van der Waals surface area contributed by atoms with E-state index in [1.54, 1.807) is 26.2 Å². The summed E-state index contributed by atoms with van der Waals surface area (Å²) in [5.74, 6) is -0.839. The molecule has 0 unspecified atom stereocenters. The molecule has 2 aromatic heterocycles. The highest BCUT2D eigenvalue weighted by molar-refractivity contribution is 8.01. The Hall–Kier alpha value is -2.40. The normalized spacial score (nSPS) is 11.6. The Bertz CT molecular complexity index is 863. The second-order valence-electron chi connectivity index (χ2n) is 5.67. The summed E-state index contributed by atoms with van der Waals surface area (Å²) >= 11 is 1.33. The zero-order chi connectivity index (χ0) is 16.4. The molecule has 0 amide bonds. The first-order valence-corrected chi connectivity index (χ1v) is 8.01. The van der Waals surface area contributed by atoms with Gasteiger partial charge in [0.05, 0.1) is 11.2 Å². The Balaban J connectivity index is 2.10. The minimum atomic E-state index is -0.907. The molecule has 5 heteroatoms. The zero-order valence-electron chi connectivity index (χ0n) is 12.9. The number of hydrogen-bond acceptors (Lipinski definition) is 4. The molecule has 1 N–H and O–H groups in total. The minimum Gasteiger partial charge on any atom is -0.480 e. The molecule has 0 saturated heterocycles. The molecule has 0 aliphatic heterocycles. The molecule has 0 aliphatic rings. The molecular weight excluding hydrogens is 308 g/mol. The molecular formula is C18H16N2O2S. The third kappa shape index (κ3) is 3.19. The largest absolute Gasteiger partial charge is 0.480 e. The fraction of sp³-hybridized carbons (Fsp3) is 0.167. The summed E-state index contributed by atoms with van der Waals surface area (Å²) < 4.78 is -0.907. The highest BCUT2D eigenvalue weighted by Crippen LogP contribution is 2.37. The molecule has 116 valence electrons. The molecule has 0 spiro atoms. The summed E-state index contributed by atoms with van der Waals surface area (Å²) in [6.07, 6.45) is 3.47. The number of pyridine rings is 2. The van der Waals surface area contributed by atoms with E-state index in [-0.39, 0.29) is 0 Å². The maximum absolute atomic E-state index is 11.4. The van der Waals surface area contributed by atoms with E-state index in [4.69, 9.17) is 0 Å². The lowest BCUT2D eigenvalue weighted by atomic mass is 10.1. The van der Waals surface area contributed by atoms with Gasteiger partial charge in [-0.3, -0.25) is 14.8 Å². The topological polar surface area (TPSA) is 63.1 Å². The Morgan fingerprint density at radius 1 is 1.09 bits per heavy atom. The van der Waals surface area contributed by atoms with Gasteiger partial charge in [0.2, 0.25) is 0 Å². The highest BCUT2D eigenvalue weighted by Gasteiger charge is 2.29. The highest BCUT2D eigenvalue weighted by atomic mass is 32.2. The van der Waals surface area contributed by atoms with Gasteiger partial charge in [0.1, 0.15) is 4.75 Å². The second kappa shape index (κ2) is 6.01. The number of fused-ring (bicyclic) bond motifs is 1. The van der Waals surface area contributed by atoms with Crippen LogP contribution in [0.1, 0.15) is 13.8 Å². The molecule has 0 bridgehead atoms. The number of carboxylic acids is 1. The van der Waals surface area contributed by atoms with Gasteiger partial charge < -0.3 is 5.11 Å². The van der Waals surface area contributed by atoms with Crippen LogP contribution in [0.25, 0.3) is 22.2 Å². The Labute approximate surface area is 138 Å². The van der Waals surface area contributed by atoms with Crippen molar-refractivity contribution in [2.24, 2.45) is 0 Å². The Morgan fingerprint density at radius 2 is 1.91 bits per heavy atom. The summed E-state index contributed by atoms with van der Waals surface area (Å²) in [5, 5.41) is 10.3. The standard InChI is InChI=1S/C18H16N2O2S/c1-18(2,17(21)22)23-16-8-10-20-15-7-6-12(11-13(15)16)14-5-3-4-9-19-14/h3-11H,1-2H3,(H,21,22). The van der Waals surface area contributed by atoms with E-state index in [2.05, 4.69) is 9.97 Å². The van der Waals surface area contributed by atoms with Gasteiger partial charge in [-0.15, -0.1) is 11.8 Å². The first-order chi connectivity index (χ1) is 11.0. The van der Waals surface area contributed by atoms with Crippen molar-refractivity contribution in [3.63, 3.8) is 0 Å². The number of aromatic nitrogens is 2. The van der Waals surface area contributed by atoms with Crippen molar-refractivity contribution in [2.75, 3.05) is 0 Å². The predicted molar refractivity (Wildman–Crippen MR) is 92.5 cm³/mol. The number of thioether (sulfide) groups is 1. The summed E-state index contributed by atoms with van der Waals surface area (Å²) in [5.41, 5.74) is 2.71. The van der Waals surface area contributed by atoms with Crippen molar-refractivity contribution in [3.8, 4) is 11.3 Å². The zero-order valence-corrected chi connectivity index (χ0v) is 13.7. The summed E-state index contributed by atoms with van der Waals surface area (Å²) in [7, 11) is 0. The van der Waals surface area contributed by atoms with Crippen molar-refractivity contribution in [1.29, 1.82) is 0 Å². The molecule has 0 atom stereocenters. The van der Waals surface area contributed by atoms with Crippen LogP contribution in [-0.4, -0.2) is 25.8 Å². The number of nitrogens with zero attached hydrogens (tertiary/aromatic N) is 2. The maximum atomic E-state index is 11.4. The van der Waals surface area contributed by atoms with E-state index in [0.717, 1.165) is 27.1 Å². The maximum Gasteiger partial charge on any atom is 0.319 e. The van der Waals surface area contributed by atoms with Gasteiger partial charge in [0.15, 0.2) is 0 Å². The minimum absolute atomic E-state index is 0.839. The number of carboxylic acid groups (broad SMARTS) is 1. The van der Waals surface area contributed by atoms with E-state index in [1.165, 1.54) is 11.8 Å². The van der Waals surface area contributed by atoms with E-state index in [0.29, 0.717) is 0 Å². The summed E-state index contributed by atoms with van der Waals surface area (Å²) in [4.78, 5) is 21.0. The van der Waals surface area contributed by atoms with Crippen LogP contribution in [0.15, 0.2) is 59.8 Å². The van der Waals surface area contributed by atoms with Crippen LogP contribution in [0.4, 0.5) is 0 Å². The quantitative estimate of drug-likeness (QED) is 0.727. The van der Waals surface area contributed by atoms with Crippen LogP contribution in [0.3, 0.4) is 0 Å². The lowest BCUT2D eigenvalue weighted by molar-refractivity contribution is -0.138. The second-order valence-corrected chi connectivity index (χ2v) is 7.34. The van der Waals surface area contributed by atoms with Crippen LogP contribution in [0.2, 0.25) is 0 Å². The molecule has 0 aliphatic carbocycles. The molecule has 4 nitrogen and oxygen atoms in total. The Kier molecular flexibility index (Phi) is 4.05. The van der Waals surface area contributed by atoms with Crippen molar-refractivity contribution in [3.05, 3.63) is 54.9 Å². The summed E-state index contributed by atoms with van der Waals surface area (Å²) in [6, 6.07) is 13.6. The molecule has 23 heavy (non-hydrogen) atoms. The summed E-state index contributed by atoms with van der Waals surface area (Å²) in [6.45, 7) is 3.41. The Morgan fingerprint density at radius 3 is 2.61 bits per heavy atom. The number of hydrogen-bond donors (Lipinski definition) is 1. The lowest BCUT2D eigenvalue weighted by Gasteiger charge is -2.19. The van der Waals surface area contributed by atoms with Crippen LogP contribution in [-0.2, 0) is 4.79 Å².